The minimum absolute atomic E-state index is 0.0109. The van der Waals surface area contributed by atoms with Crippen LogP contribution >= 0.6 is 24.0 Å². The van der Waals surface area contributed by atoms with Crippen molar-refractivity contribution >= 4 is 52.0 Å². The van der Waals surface area contributed by atoms with Gasteiger partial charge in [-0.1, -0.05) is 6.07 Å². The van der Waals surface area contributed by atoms with Gasteiger partial charge in [-0.05, 0) is 59.9 Å². The van der Waals surface area contributed by atoms with E-state index in [0.717, 1.165) is 28.8 Å². The van der Waals surface area contributed by atoms with Crippen LogP contribution in [0.4, 0.5) is 19.3 Å². The van der Waals surface area contributed by atoms with Crippen molar-refractivity contribution in [1.82, 2.24) is 10.2 Å². The third-order valence-electron chi connectivity index (χ3n) is 4.37. The number of thioether (sulfide) groups is 1. The molecule has 2 aromatic carbocycles. The van der Waals surface area contributed by atoms with E-state index < -0.39 is 22.8 Å². The van der Waals surface area contributed by atoms with E-state index in [1.807, 2.05) is 0 Å². The van der Waals surface area contributed by atoms with Crippen LogP contribution < -0.4 is 20.1 Å². The molecule has 0 radical (unpaired) electrons. The van der Waals surface area contributed by atoms with Crippen LogP contribution in [-0.4, -0.2) is 41.0 Å². The third kappa shape index (κ3) is 4.78. The van der Waals surface area contributed by atoms with Gasteiger partial charge in [0, 0.05) is 19.2 Å². The SMILES string of the molecule is O=C1SC(=Cc2ccc3c(c2)OCO3)C(=O)N1CCNC(=S)Nc1ccc(F)cc1F. The van der Waals surface area contributed by atoms with Crippen molar-refractivity contribution in [3.05, 3.63) is 58.5 Å². The Morgan fingerprint density at radius 1 is 1.16 bits per heavy atom. The Bertz CT molecular complexity index is 1110. The van der Waals surface area contributed by atoms with E-state index in [4.69, 9.17) is 21.7 Å². The average molecular weight is 463 g/mol. The number of nitrogens with zero attached hydrogens (tertiary/aromatic N) is 1. The average Bonchev–Trinajstić information content (AvgIpc) is 3.29. The van der Waals surface area contributed by atoms with Gasteiger partial charge in [0.15, 0.2) is 16.6 Å². The van der Waals surface area contributed by atoms with Crippen LogP contribution in [0.25, 0.3) is 6.08 Å². The maximum atomic E-state index is 13.7. The highest BCUT2D eigenvalue weighted by Gasteiger charge is 2.34. The van der Waals surface area contributed by atoms with Gasteiger partial charge in [-0.2, -0.15) is 0 Å². The van der Waals surface area contributed by atoms with Gasteiger partial charge in [0.05, 0.1) is 10.6 Å². The molecule has 0 aromatic heterocycles. The van der Waals surface area contributed by atoms with Gasteiger partial charge in [0.1, 0.15) is 11.6 Å². The number of imide groups is 1. The molecular formula is C20H15F2N3O4S2. The van der Waals surface area contributed by atoms with E-state index >= 15 is 0 Å². The standard InChI is InChI=1S/C20H15F2N3O4S2/c21-12-2-3-14(13(22)9-12)24-19(30)23-5-6-25-18(26)17(31-20(25)27)8-11-1-4-15-16(7-11)29-10-28-15/h1-4,7-9H,5-6,10H2,(H2,23,24,30). The first-order chi connectivity index (χ1) is 14.9. The van der Waals surface area contributed by atoms with Crippen molar-refractivity contribution in [2.45, 2.75) is 0 Å². The van der Waals surface area contributed by atoms with E-state index in [0.29, 0.717) is 17.1 Å². The number of hydrogen-bond donors (Lipinski definition) is 2. The summed E-state index contributed by atoms with van der Waals surface area (Å²) in [5.41, 5.74) is 0.719. The molecule has 1 saturated heterocycles. The van der Waals surface area contributed by atoms with E-state index in [2.05, 4.69) is 10.6 Å². The lowest BCUT2D eigenvalue weighted by Crippen LogP contribution is -2.38. The lowest BCUT2D eigenvalue weighted by atomic mass is 10.2. The molecule has 2 aliphatic heterocycles. The molecule has 7 nitrogen and oxygen atoms in total. The number of carbonyl (C=O) groups is 2. The summed E-state index contributed by atoms with van der Waals surface area (Å²) in [5.74, 6) is -0.700. The summed E-state index contributed by atoms with van der Waals surface area (Å²) in [6.07, 6.45) is 1.61. The molecule has 160 valence electrons. The predicted molar refractivity (Wildman–Crippen MR) is 116 cm³/mol. The number of fused-ring (bicyclic) bond motifs is 1. The molecule has 2 N–H and O–H groups in total. The summed E-state index contributed by atoms with van der Waals surface area (Å²) in [6, 6.07) is 8.28. The lowest BCUT2D eigenvalue weighted by molar-refractivity contribution is -0.122. The van der Waals surface area contributed by atoms with Gasteiger partial charge < -0.3 is 20.1 Å². The van der Waals surface area contributed by atoms with E-state index in [9.17, 15) is 18.4 Å². The van der Waals surface area contributed by atoms with Crippen LogP contribution in [0.3, 0.4) is 0 Å². The van der Waals surface area contributed by atoms with Crippen molar-refractivity contribution in [2.24, 2.45) is 0 Å². The third-order valence-corrected chi connectivity index (χ3v) is 5.52. The van der Waals surface area contributed by atoms with Crippen molar-refractivity contribution in [2.75, 3.05) is 25.2 Å². The largest absolute Gasteiger partial charge is 0.454 e. The molecule has 0 aliphatic carbocycles. The van der Waals surface area contributed by atoms with E-state index in [1.165, 1.54) is 6.07 Å². The number of halogens is 2. The smallest absolute Gasteiger partial charge is 0.293 e. The number of benzene rings is 2. The molecule has 0 atom stereocenters. The number of anilines is 1. The zero-order valence-corrected chi connectivity index (χ0v) is 17.4. The summed E-state index contributed by atoms with van der Waals surface area (Å²) in [6.45, 7) is 0.369. The van der Waals surface area contributed by atoms with E-state index in [1.54, 1.807) is 24.3 Å². The van der Waals surface area contributed by atoms with Crippen LogP contribution in [0.1, 0.15) is 5.56 Å². The van der Waals surface area contributed by atoms with Crippen LogP contribution in [-0.2, 0) is 4.79 Å². The summed E-state index contributed by atoms with van der Waals surface area (Å²) in [7, 11) is 0. The minimum atomic E-state index is -0.788. The Morgan fingerprint density at radius 3 is 2.77 bits per heavy atom. The molecule has 2 amide bonds. The molecule has 4 rings (SSSR count). The first kappa shape index (κ1) is 21.1. The van der Waals surface area contributed by atoms with Gasteiger partial charge >= 0.3 is 0 Å². The van der Waals surface area contributed by atoms with Gasteiger partial charge in [0.2, 0.25) is 6.79 Å². The Morgan fingerprint density at radius 2 is 1.97 bits per heavy atom. The minimum Gasteiger partial charge on any atom is -0.454 e. The number of ether oxygens (including phenoxy) is 2. The van der Waals surface area contributed by atoms with Crippen molar-refractivity contribution in [3.63, 3.8) is 0 Å². The summed E-state index contributed by atoms with van der Waals surface area (Å²) in [4.78, 5) is 26.2. The molecule has 11 heteroatoms. The lowest BCUT2D eigenvalue weighted by Gasteiger charge is -2.15. The second kappa shape index (κ2) is 8.90. The monoisotopic (exact) mass is 463 g/mol. The zero-order valence-electron chi connectivity index (χ0n) is 15.8. The second-order valence-electron chi connectivity index (χ2n) is 6.45. The van der Waals surface area contributed by atoms with Crippen LogP contribution in [0, 0.1) is 11.6 Å². The predicted octanol–water partition coefficient (Wildman–Crippen LogP) is 3.72. The van der Waals surface area contributed by atoms with Crippen LogP contribution in [0.2, 0.25) is 0 Å². The highest BCUT2D eigenvalue weighted by Crippen LogP contribution is 2.36. The first-order valence-electron chi connectivity index (χ1n) is 9.05. The summed E-state index contributed by atoms with van der Waals surface area (Å²) < 4.78 is 37.2. The number of nitrogens with one attached hydrogen (secondary N) is 2. The number of amides is 2. The van der Waals surface area contributed by atoms with Gasteiger partial charge in [-0.25, -0.2) is 8.78 Å². The number of thiocarbonyl (C=S) groups is 1. The molecule has 2 heterocycles. The second-order valence-corrected chi connectivity index (χ2v) is 7.85. The van der Waals surface area contributed by atoms with Crippen molar-refractivity contribution in [3.8, 4) is 11.5 Å². The van der Waals surface area contributed by atoms with E-state index in [-0.39, 0.29) is 35.6 Å². The van der Waals surface area contributed by atoms with Crippen molar-refractivity contribution < 1.29 is 27.8 Å². The summed E-state index contributed by atoms with van der Waals surface area (Å²) in [5, 5.41) is 5.06. The Kier molecular flexibility index (Phi) is 6.05. The Hall–Kier alpha value is -3.18. The number of carbonyl (C=O) groups excluding carboxylic acids is 2. The molecule has 0 unspecified atom stereocenters. The fraction of sp³-hybridized carbons (Fsp3) is 0.150. The highest BCUT2D eigenvalue weighted by molar-refractivity contribution is 8.18. The molecular weight excluding hydrogens is 448 g/mol. The van der Waals surface area contributed by atoms with Gasteiger partial charge in [-0.3, -0.25) is 14.5 Å². The number of hydrogen-bond acceptors (Lipinski definition) is 6. The topological polar surface area (TPSA) is 79.9 Å². The number of rotatable bonds is 5. The first-order valence-corrected chi connectivity index (χ1v) is 10.3. The maximum absolute atomic E-state index is 13.7. The quantitative estimate of drug-likeness (QED) is 0.513. The van der Waals surface area contributed by atoms with Gasteiger partial charge in [0.25, 0.3) is 11.1 Å². The van der Waals surface area contributed by atoms with Crippen LogP contribution in [0.15, 0.2) is 41.3 Å². The highest BCUT2D eigenvalue weighted by atomic mass is 32.2. The molecule has 2 aliphatic rings. The van der Waals surface area contributed by atoms with Crippen molar-refractivity contribution in [1.29, 1.82) is 0 Å². The summed E-state index contributed by atoms with van der Waals surface area (Å²) >= 11 is 5.91. The Balaban J connectivity index is 1.32. The molecule has 31 heavy (non-hydrogen) atoms. The fourth-order valence-corrected chi connectivity index (χ4v) is 3.96. The Labute approximate surface area is 185 Å². The van der Waals surface area contributed by atoms with Crippen LogP contribution in [0.5, 0.6) is 11.5 Å². The molecule has 0 spiro atoms. The maximum Gasteiger partial charge on any atom is 0.293 e. The normalized spacial score (nSPS) is 16.2. The molecule has 0 bridgehead atoms. The fourth-order valence-electron chi connectivity index (χ4n) is 2.89. The zero-order chi connectivity index (χ0) is 22.0. The van der Waals surface area contributed by atoms with Gasteiger partial charge in [-0.15, -0.1) is 0 Å². The molecule has 1 fully saturated rings. The molecule has 0 saturated carbocycles. The molecule has 2 aromatic rings.